The van der Waals surface area contributed by atoms with Gasteiger partial charge in [-0.25, -0.2) is 4.68 Å². The second-order valence-electron chi connectivity index (χ2n) is 5.99. The predicted octanol–water partition coefficient (Wildman–Crippen LogP) is 3.70. The lowest BCUT2D eigenvalue weighted by atomic mass is 10.3. The molecule has 7 heteroatoms. The molecule has 0 radical (unpaired) electrons. The number of rotatable bonds is 7. The molecule has 0 aliphatic carbocycles. The number of anilines is 1. The molecule has 0 atom stereocenters. The van der Waals surface area contributed by atoms with Crippen LogP contribution in [0.15, 0.2) is 76.6 Å². The molecule has 0 aliphatic rings. The largest absolute Gasteiger partial charge is 0.356 e. The van der Waals surface area contributed by atoms with Gasteiger partial charge in [0.2, 0.25) is 5.95 Å². The van der Waals surface area contributed by atoms with Crippen molar-refractivity contribution in [2.24, 2.45) is 0 Å². The van der Waals surface area contributed by atoms with E-state index in [1.54, 1.807) is 10.9 Å². The Morgan fingerprint density at radius 2 is 1.78 bits per heavy atom. The van der Waals surface area contributed by atoms with E-state index in [4.69, 9.17) is 0 Å². The van der Waals surface area contributed by atoms with Crippen molar-refractivity contribution in [2.75, 3.05) is 17.6 Å². The van der Waals surface area contributed by atoms with Crippen molar-refractivity contribution in [3.8, 4) is 5.69 Å². The van der Waals surface area contributed by atoms with Crippen LogP contribution >= 0.6 is 11.8 Å². The summed E-state index contributed by atoms with van der Waals surface area (Å²) in [6, 6.07) is 20.0. The first-order chi connectivity index (χ1) is 13.3. The molecule has 6 nitrogen and oxygen atoms in total. The summed E-state index contributed by atoms with van der Waals surface area (Å²) in [5.74, 6) is 1.46. The number of thioether (sulfide) groups is 1. The van der Waals surface area contributed by atoms with Crippen LogP contribution in [0.25, 0.3) is 16.7 Å². The molecule has 4 rings (SSSR count). The molecule has 0 saturated carbocycles. The molecule has 2 N–H and O–H groups in total. The first-order valence-electron chi connectivity index (χ1n) is 8.76. The third-order valence-electron chi connectivity index (χ3n) is 4.06. The number of aromatic nitrogens is 4. The number of nitrogens with one attached hydrogen (secondary N) is 2. The Kier molecular flexibility index (Phi) is 5.20. The van der Waals surface area contributed by atoms with Crippen LogP contribution in [-0.4, -0.2) is 32.0 Å². The molecule has 0 spiro atoms. The van der Waals surface area contributed by atoms with E-state index in [2.05, 4.69) is 32.5 Å². The van der Waals surface area contributed by atoms with Crippen molar-refractivity contribution >= 4 is 28.7 Å². The molecule has 2 heterocycles. The highest BCUT2D eigenvalue weighted by molar-refractivity contribution is 7.99. The summed E-state index contributed by atoms with van der Waals surface area (Å²) < 4.78 is 1.68. The zero-order chi connectivity index (χ0) is 18.5. The lowest BCUT2D eigenvalue weighted by Crippen LogP contribution is -2.14. The van der Waals surface area contributed by atoms with Crippen LogP contribution in [0.5, 0.6) is 0 Å². The van der Waals surface area contributed by atoms with Crippen LogP contribution in [0.1, 0.15) is 6.42 Å². The molecule has 27 heavy (non-hydrogen) atoms. The van der Waals surface area contributed by atoms with E-state index in [0.717, 1.165) is 24.4 Å². The van der Waals surface area contributed by atoms with Crippen molar-refractivity contribution in [3.63, 3.8) is 0 Å². The van der Waals surface area contributed by atoms with Gasteiger partial charge in [0.05, 0.1) is 11.9 Å². The first-order valence-corrected chi connectivity index (χ1v) is 9.75. The summed E-state index contributed by atoms with van der Waals surface area (Å²) in [6.45, 7) is 0.730. The van der Waals surface area contributed by atoms with E-state index in [1.807, 2.05) is 60.3 Å². The van der Waals surface area contributed by atoms with E-state index in [-0.39, 0.29) is 5.56 Å². The fraction of sp³-hybridized carbons (Fsp3) is 0.150. The van der Waals surface area contributed by atoms with Gasteiger partial charge in [-0.3, -0.25) is 9.78 Å². The zero-order valence-corrected chi connectivity index (χ0v) is 15.4. The SMILES string of the molecule is O=c1[nH]c(NCCCSc2ccccc2)nc2c1cnn2-c1ccccc1. The molecule has 0 unspecified atom stereocenters. The van der Waals surface area contributed by atoms with Crippen LogP contribution < -0.4 is 10.9 Å². The van der Waals surface area contributed by atoms with E-state index >= 15 is 0 Å². The summed E-state index contributed by atoms with van der Waals surface area (Å²) in [7, 11) is 0. The van der Waals surface area contributed by atoms with Gasteiger partial charge in [-0.1, -0.05) is 36.4 Å². The van der Waals surface area contributed by atoms with Gasteiger partial charge in [0.15, 0.2) is 5.65 Å². The summed E-state index contributed by atoms with van der Waals surface area (Å²) >= 11 is 1.82. The standard InChI is InChI=1S/C20H19N5OS/c26-19-17-14-22-25(15-8-3-1-4-9-15)18(17)23-20(24-19)21-12-7-13-27-16-10-5-2-6-11-16/h1-6,8-11,14H,7,12-13H2,(H2,21,23,24,26). The molecule has 4 aromatic rings. The number of nitrogens with zero attached hydrogens (tertiary/aromatic N) is 3. The van der Waals surface area contributed by atoms with Gasteiger partial charge in [-0.15, -0.1) is 11.8 Å². The first kappa shape index (κ1) is 17.4. The van der Waals surface area contributed by atoms with Gasteiger partial charge in [-0.2, -0.15) is 10.1 Å². The van der Waals surface area contributed by atoms with Crippen molar-refractivity contribution in [1.29, 1.82) is 0 Å². The minimum absolute atomic E-state index is 0.191. The summed E-state index contributed by atoms with van der Waals surface area (Å²) in [5, 5.41) is 8.00. The molecule has 0 bridgehead atoms. The quantitative estimate of drug-likeness (QED) is 0.379. The Morgan fingerprint density at radius 3 is 2.56 bits per heavy atom. The maximum Gasteiger partial charge on any atom is 0.263 e. The number of fused-ring (bicyclic) bond motifs is 1. The highest BCUT2D eigenvalue weighted by Gasteiger charge is 2.11. The summed E-state index contributed by atoms with van der Waals surface area (Å²) in [5.41, 5.74) is 1.23. The number of benzene rings is 2. The van der Waals surface area contributed by atoms with Gasteiger partial charge < -0.3 is 5.32 Å². The van der Waals surface area contributed by atoms with Crippen molar-refractivity contribution in [2.45, 2.75) is 11.3 Å². The van der Waals surface area contributed by atoms with E-state index in [1.165, 1.54) is 4.90 Å². The number of hydrogen-bond acceptors (Lipinski definition) is 5. The molecule has 2 aromatic heterocycles. The monoisotopic (exact) mass is 377 g/mol. The average molecular weight is 377 g/mol. The smallest absolute Gasteiger partial charge is 0.263 e. The van der Waals surface area contributed by atoms with Gasteiger partial charge in [0, 0.05) is 11.4 Å². The minimum Gasteiger partial charge on any atom is -0.356 e. The summed E-state index contributed by atoms with van der Waals surface area (Å²) in [6.07, 6.45) is 2.51. The van der Waals surface area contributed by atoms with Crippen molar-refractivity contribution in [1.82, 2.24) is 19.7 Å². The van der Waals surface area contributed by atoms with Gasteiger partial charge in [0.25, 0.3) is 5.56 Å². The fourth-order valence-corrected chi connectivity index (χ4v) is 3.62. The van der Waals surface area contributed by atoms with Crippen LogP contribution in [0.3, 0.4) is 0 Å². The predicted molar refractivity (Wildman–Crippen MR) is 110 cm³/mol. The Hall–Kier alpha value is -3.06. The topological polar surface area (TPSA) is 75.6 Å². The molecular weight excluding hydrogens is 358 g/mol. The number of aromatic amines is 1. The van der Waals surface area contributed by atoms with Gasteiger partial charge in [0.1, 0.15) is 5.39 Å². The van der Waals surface area contributed by atoms with Crippen LogP contribution in [-0.2, 0) is 0 Å². The summed E-state index contributed by atoms with van der Waals surface area (Å²) in [4.78, 5) is 20.9. The van der Waals surface area contributed by atoms with Gasteiger partial charge in [-0.05, 0) is 36.4 Å². The third-order valence-corrected chi connectivity index (χ3v) is 5.16. The van der Waals surface area contributed by atoms with Crippen LogP contribution in [0, 0.1) is 0 Å². The maximum atomic E-state index is 12.3. The normalized spacial score (nSPS) is 11.0. The number of H-pyrrole nitrogens is 1. The zero-order valence-electron chi connectivity index (χ0n) is 14.6. The second-order valence-corrected chi connectivity index (χ2v) is 7.15. The third kappa shape index (κ3) is 4.03. The maximum absolute atomic E-state index is 12.3. The minimum atomic E-state index is -0.191. The Labute approximate surface area is 160 Å². The number of para-hydroxylation sites is 1. The lowest BCUT2D eigenvalue weighted by Gasteiger charge is -2.07. The van der Waals surface area contributed by atoms with Crippen molar-refractivity contribution < 1.29 is 0 Å². The number of hydrogen-bond donors (Lipinski definition) is 2. The van der Waals surface area contributed by atoms with Crippen molar-refractivity contribution in [3.05, 3.63) is 77.2 Å². The Balaban J connectivity index is 1.44. The molecule has 0 saturated heterocycles. The van der Waals surface area contributed by atoms with Crippen LogP contribution in [0.2, 0.25) is 0 Å². The van der Waals surface area contributed by atoms with Crippen LogP contribution in [0.4, 0.5) is 5.95 Å². The highest BCUT2D eigenvalue weighted by atomic mass is 32.2. The Bertz CT molecular complexity index is 1080. The molecule has 0 aliphatic heterocycles. The second kappa shape index (κ2) is 8.09. The van der Waals surface area contributed by atoms with E-state index in [0.29, 0.717) is 17.0 Å². The van der Waals surface area contributed by atoms with E-state index < -0.39 is 0 Å². The molecule has 0 fully saturated rings. The molecule has 136 valence electrons. The fourth-order valence-electron chi connectivity index (χ4n) is 2.75. The molecule has 0 amide bonds. The molecular formula is C20H19N5OS. The molecule has 2 aromatic carbocycles. The average Bonchev–Trinajstić information content (AvgIpc) is 3.14. The van der Waals surface area contributed by atoms with Gasteiger partial charge >= 0.3 is 0 Å². The van der Waals surface area contributed by atoms with E-state index in [9.17, 15) is 4.79 Å². The highest BCUT2D eigenvalue weighted by Crippen LogP contribution is 2.18. The lowest BCUT2D eigenvalue weighted by molar-refractivity contribution is 0.891. The Morgan fingerprint density at radius 1 is 1.04 bits per heavy atom.